The maximum absolute atomic E-state index is 13.1. The van der Waals surface area contributed by atoms with E-state index in [1.54, 1.807) is 13.8 Å². The molecular formula is C22H33N5O7. The van der Waals surface area contributed by atoms with Crippen molar-refractivity contribution in [2.45, 2.75) is 84.1 Å². The molecule has 1 aromatic heterocycles. The minimum Gasteiger partial charge on any atom is -0.494 e. The second kappa shape index (κ2) is 9.71. The van der Waals surface area contributed by atoms with Crippen LogP contribution < -0.4 is 17.0 Å². The first-order valence-electron chi connectivity index (χ1n) is 11.5. The number of ether oxygens (including phenoxy) is 1. The van der Waals surface area contributed by atoms with Crippen LogP contribution >= 0.6 is 0 Å². The van der Waals surface area contributed by atoms with Crippen molar-refractivity contribution in [3.8, 4) is 5.88 Å². The third kappa shape index (κ3) is 4.27. The van der Waals surface area contributed by atoms with Gasteiger partial charge in [-0.15, -0.1) is 0 Å². The molecule has 0 radical (unpaired) electrons. The van der Waals surface area contributed by atoms with Gasteiger partial charge in [0.2, 0.25) is 11.8 Å². The molecule has 0 bridgehead atoms. The van der Waals surface area contributed by atoms with Gasteiger partial charge in [0, 0.05) is 12.6 Å². The molecule has 0 aromatic carbocycles. The van der Waals surface area contributed by atoms with Crippen LogP contribution in [0.4, 0.5) is 0 Å². The quantitative estimate of drug-likeness (QED) is 0.228. The first-order valence-corrected chi connectivity index (χ1v) is 11.5. The van der Waals surface area contributed by atoms with Crippen molar-refractivity contribution in [3.05, 3.63) is 26.4 Å². The van der Waals surface area contributed by atoms with Crippen LogP contribution in [-0.4, -0.2) is 60.8 Å². The average Bonchev–Trinajstić information content (AvgIpc) is 2.93. The number of aliphatic hydroxyl groups is 1. The number of aromatic nitrogens is 2. The highest BCUT2D eigenvalue weighted by Crippen LogP contribution is 2.38. The predicted octanol–water partition coefficient (Wildman–Crippen LogP) is 0.0135. The number of imide groups is 1. The number of nitrogen functional groups attached to an aromatic ring is 1. The first kappa shape index (κ1) is 25.6. The van der Waals surface area contributed by atoms with E-state index in [1.807, 2.05) is 6.92 Å². The van der Waals surface area contributed by atoms with E-state index in [2.05, 4.69) is 0 Å². The van der Waals surface area contributed by atoms with Crippen molar-refractivity contribution in [1.82, 2.24) is 14.0 Å². The lowest BCUT2D eigenvalue weighted by Crippen LogP contribution is -2.47. The summed E-state index contributed by atoms with van der Waals surface area (Å²) in [6.45, 7) is 4.60. The Kier molecular flexibility index (Phi) is 7.32. The molecule has 1 saturated carbocycles. The molecule has 1 unspecified atom stereocenters. The number of hydrogen-bond donors (Lipinski definition) is 4. The Bertz CT molecular complexity index is 1100. The van der Waals surface area contributed by atoms with Crippen molar-refractivity contribution < 1.29 is 24.5 Å². The van der Waals surface area contributed by atoms with Gasteiger partial charge < -0.3 is 20.7 Å². The van der Waals surface area contributed by atoms with Crippen molar-refractivity contribution in [1.29, 1.82) is 5.41 Å². The fourth-order valence-corrected chi connectivity index (χ4v) is 4.74. The fourth-order valence-electron chi connectivity index (χ4n) is 4.74. The van der Waals surface area contributed by atoms with Crippen LogP contribution in [0.1, 0.15) is 70.9 Å². The molecule has 0 spiro atoms. The lowest BCUT2D eigenvalue weighted by molar-refractivity contribution is -0.148. The smallest absolute Gasteiger partial charge is 0.334 e. The predicted molar refractivity (Wildman–Crippen MR) is 121 cm³/mol. The first-order chi connectivity index (χ1) is 16.0. The Hall–Kier alpha value is -2.99. The average molecular weight is 480 g/mol. The van der Waals surface area contributed by atoms with E-state index >= 15 is 0 Å². The highest BCUT2D eigenvalue weighted by molar-refractivity contribution is 6.08. The molecule has 2 aliphatic rings. The van der Waals surface area contributed by atoms with Crippen LogP contribution in [0.15, 0.2) is 9.59 Å². The lowest BCUT2D eigenvalue weighted by atomic mass is 9.87. The van der Waals surface area contributed by atoms with Crippen LogP contribution in [0.3, 0.4) is 0 Å². The van der Waals surface area contributed by atoms with Crippen LogP contribution in [0.25, 0.3) is 0 Å². The second-order valence-corrected chi connectivity index (χ2v) is 9.46. The summed E-state index contributed by atoms with van der Waals surface area (Å²) >= 11 is 0. The third-order valence-corrected chi connectivity index (χ3v) is 6.77. The Morgan fingerprint density at radius 2 is 1.79 bits per heavy atom. The maximum atomic E-state index is 13.1. The number of amidine groups is 1. The summed E-state index contributed by atoms with van der Waals surface area (Å²) in [5.74, 6) is -2.29. The molecule has 1 saturated heterocycles. The zero-order valence-corrected chi connectivity index (χ0v) is 19.7. The topological polar surface area (TPSA) is 181 Å². The molecule has 1 atom stereocenters. The highest BCUT2D eigenvalue weighted by Gasteiger charge is 2.55. The number of nitrogens with zero attached hydrogens (tertiary/aromatic N) is 3. The number of aliphatic hydroxyl groups excluding tert-OH is 1. The zero-order chi connectivity index (χ0) is 25.4. The number of aromatic hydroxyl groups is 1. The molecule has 2 heterocycles. The van der Waals surface area contributed by atoms with Gasteiger partial charge in [0.15, 0.2) is 6.10 Å². The number of carbonyl (C=O) groups excluding carboxylic acids is 2. The van der Waals surface area contributed by atoms with Gasteiger partial charge in [-0.25, -0.2) is 4.79 Å². The highest BCUT2D eigenvalue weighted by atomic mass is 16.5. The number of unbranched alkanes of at least 4 members (excludes halogenated alkanes) is 1. The Labute approximate surface area is 196 Å². The number of likely N-dealkylation sites (tertiary alicyclic amines) is 1. The van der Waals surface area contributed by atoms with Gasteiger partial charge in [-0.1, -0.05) is 13.3 Å². The van der Waals surface area contributed by atoms with Crippen molar-refractivity contribution in [3.63, 3.8) is 0 Å². The van der Waals surface area contributed by atoms with Gasteiger partial charge in [0.25, 0.3) is 11.5 Å². The molecule has 1 aromatic rings. The number of hydrogen-bond acceptors (Lipinski definition) is 8. The van der Waals surface area contributed by atoms with E-state index in [0.29, 0.717) is 32.1 Å². The molecule has 3 rings (SSSR count). The normalized spacial score (nSPS) is 24.6. The third-order valence-electron chi connectivity index (χ3n) is 6.77. The minimum atomic E-state index is -1.12. The summed E-state index contributed by atoms with van der Waals surface area (Å²) in [7, 11) is 0. The molecule has 12 nitrogen and oxygen atoms in total. The van der Waals surface area contributed by atoms with E-state index in [-0.39, 0.29) is 12.6 Å². The summed E-state index contributed by atoms with van der Waals surface area (Å²) in [5.41, 5.74) is 2.58. The molecule has 1 aliphatic heterocycles. The van der Waals surface area contributed by atoms with E-state index < -0.39 is 64.6 Å². The Morgan fingerprint density at radius 3 is 2.29 bits per heavy atom. The minimum absolute atomic E-state index is 0.189. The van der Waals surface area contributed by atoms with E-state index in [9.17, 15) is 29.4 Å². The second-order valence-electron chi connectivity index (χ2n) is 9.46. The van der Waals surface area contributed by atoms with Gasteiger partial charge in [-0.05, 0) is 46.0 Å². The molecular weight excluding hydrogens is 446 g/mol. The number of carbonyl (C=O) groups is 2. The largest absolute Gasteiger partial charge is 0.494 e. The van der Waals surface area contributed by atoms with Crippen LogP contribution in [-0.2, 0) is 20.9 Å². The van der Waals surface area contributed by atoms with Gasteiger partial charge in [-0.2, -0.15) is 0 Å². The number of nitrogens with two attached hydrogens (primary N) is 1. The molecule has 12 heteroatoms. The van der Waals surface area contributed by atoms with Crippen LogP contribution in [0, 0.1) is 10.8 Å². The van der Waals surface area contributed by atoms with E-state index in [0.717, 1.165) is 20.5 Å². The summed E-state index contributed by atoms with van der Waals surface area (Å²) in [6.07, 6.45) is 1.57. The Morgan fingerprint density at radius 1 is 1.18 bits per heavy atom. The number of amides is 2. The number of nitrogens with one attached hydrogen (secondary N) is 1. The summed E-state index contributed by atoms with van der Waals surface area (Å²) in [5, 5.41) is 27.5. The standard InChI is InChI=1S/C22H33N5O7/c1-4-5-10-25-17(29)14(16(23)24)18(30)27(21(25)33)12-6-8-13(9-7-12)34-15-19(31)26(11-28)20(32)22(15,2)3/h12-13,15,28-29H,4-11H2,1-3H3,(H3,23,24). The fraction of sp³-hybridized carbons (Fsp3) is 0.682. The molecule has 5 N–H and O–H groups in total. The molecule has 2 amide bonds. The summed E-state index contributed by atoms with van der Waals surface area (Å²) in [6, 6.07) is -0.491. The molecule has 1 aliphatic carbocycles. The SMILES string of the molecule is CCCCn1c(O)c(C(=N)N)c(=O)n(C2CCC(OC3C(=O)N(CO)C(=O)C3(C)C)CC2)c1=O. The van der Waals surface area contributed by atoms with Gasteiger partial charge >= 0.3 is 5.69 Å². The van der Waals surface area contributed by atoms with Crippen LogP contribution in [0.5, 0.6) is 5.88 Å². The monoisotopic (exact) mass is 479 g/mol. The maximum Gasteiger partial charge on any atom is 0.334 e. The number of rotatable bonds is 8. The summed E-state index contributed by atoms with van der Waals surface area (Å²) < 4.78 is 8.14. The van der Waals surface area contributed by atoms with Gasteiger partial charge in [0.1, 0.15) is 18.1 Å². The van der Waals surface area contributed by atoms with Crippen molar-refractivity contribution in [2.75, 3.05) is 6.73 Å². The summed E-state index contributed by atoms with van der Waals surface area (Å²) in [4.78, 5) is 51.8. The van der Waals surface area contributed by atoms with Crippen molar-refractivity contribution >= 4 is 17.6 Å². The van der Waals surface area contributed by atoms with Crippen LogP contribution in [0.2, 0.25) is 0 Å². The lowest BCUT2D eigenvalue weighted by Gasteiger charge is -2.33. The molecule has 34 heavy (non-hydrogen) atoms. The van der Waals surface area contributed by atoms with E-state index in [4.69, 9.17) is 15.9 Å². The van der Waals surface area contributed by atoms with Crippen molar-refractivity contribution in [2.24, 2.45) is 11.1 Å². The van der Waals surface area contributed by atoms with Gasteiger partial charge in [0.05, 0.1) is 11.5 Å². The van der Waals surface area contributed by atoms with Gasteiger partial charge in [-0.3, -0.25) is 33.8 Å². The molecule has 2 fully saturated rings. The molecule has 188 valence electrons. The Balaban J connectivity index is 1.83. The zero-order valence-electron chi connectivity index (χ0n) is 19.7. The van der Waals surface area contributed by atoms with E-state index in [1.165, 1.54) is 0 Å².